The van der Waals surface area contributed by atoms with E-state index in [-0.39, 0.29) is 4.90 Å². The number of hydrogen-bond acceptors (Lipinski definition) is 4. The lowest BCUT2D eigenvalue weighted by Gasteiger charge is -2.08. The molecule has 112 valence electrons. The van der Waals surface area contributed by atoms with Gasteiger partial charge in [0, 0.05) is 22.2 Å². The highest BCUT2D eigenvalue weighted by Crippen LogP contribution is 2.21. The average molecular weight is 336 g/mol. The van der Waals surface area contributed by atoms with Crippen LogP contribution in [0.2, 0.25) is 5.02 Å². The molecule has 1 aromatic heterocycles. The number of hydrogen-bond donors (Lipinski definition) is 1. The molecule has 0 atom stereocenters. The van der Waals surface area contributed by atoms with Gasteiger partial charge in [-0.25, -0.2) is 13.2 Å². The fourth-order valence-electron chi connectivity index (χ4n) is 1.96. The van der Waals surface area contributed by atoms with Gasteiger partial charge in [0.05, 0.1) is 4.90 Å². The predicted molar refractivity (Wildman–Crippen MR) is 84.7 cm³/mol. The van der Waals surface area contributed by atoms with Crippen LogP contribution in [0.25, 0.3) is 11.0 Å². The molecule has 0 spiro atoms. The molecule has 0 amide bonds. The Morgan fingerprint density at radius 3 is 2.41 bits per heavy atom. The molecular weight excluding hydrogens is 326 g/mol. The summed E-state index contributed by atoms with van der Waals surface area (Å²) in [6.45, 7) is 0. The fourth-order valence-corrected chi connectivity index (χ4v) is 3.14. The molecule has 0 unspecified atom stereocenters. The number of benzene rings is 2. The number of halogens is 1. The second kappa shape index (κ2) is 5.47. The highest BCUT2D eigenvalue weighted by atomic mass is 35.5. The van der Waals surface area contributed by atoms with Crippen molar-refractivity contribution >= 4 is 38.3 Å². The zero-order chi connectivity index (χ0) is 15.7. The molecule has 3 aromatic rings. The van der Waals surface area contributed by atoms with Crippen LogP contribution >= 0.6 is 11.6 Å². The zero-order valence-electron chi connectivity index (χ0n) is 11.1. The third-order valence-corrected chi connectivity index (χ3v) is 4.64. The third-order valence-electron chi connectivity index (χ3n) is 3.00. The van der Waals surface area contributed by atoms with Crippen LogP contribution in [0.1, 0.15) is 0 Å². The minimum Gasteiger partial charge on any atom is -0.423 e. The lowest BCUT2D eigenvalue weighted by atomic mass is 10.2. The van der Waals surface area contributed by atoms with Gasteiger partial charge in [0.2, 0.25) is 0 Å². The van der Waals surface area contributed by atoms with Gasteiger partial charge in [-0.2, -0.15) is 0 Å². The lowest BCUT2D eigenvalue weighted by molar-refractivity contribution is 0.561. The predicted octanol–water partition coefficient (Wildman–Crippen LogP) is 3.25. The van der Waals surface area contributed by atoms with Gasteiger partial charge in [0.15, 0.2) is 0 Å². The Morgan fingerprint density at radius 1 is 0.955 bits per heavy atom. The molecule has 3 rings (SSSR count). The van der Waals surface area contributed by atoms with Gasteiger partial charge in [0.25, 0.3) is 10.0 Å². The third kappa shape index (κ3) is 2.98. The number of sulfonamides is 1. The minimum atomic E-state index is -3.71. The summed E-state index contributed by atoms with van der Waals surface area (Å²) in [7, 11) is -3.71. The van der Waals surface area contributed by atoms with Gasteiger partial charge in [0.1, 0.15) is 5.58 Å². The summed E-state index contributed by atoms with van der Waals surface area (Å²) < 4.78 is 32.0. The van der Waals surface area contributed by atoms with Gasteiger partial charge in [-0.3, -0.25) is 4.72 Å². The van der Waals surface area contributed by atoms with Crippen molar-refractivity contribution < 1.29 is 12.8 Å². The number of anilines is 1. The van der Waals surface area contributed by atoms with Crippen LogP contribution in [0, 0.1) is 0 Å². The van der Waals surface area contributed by atoms with Crippen molar-refractivity contribution in [1.29, 1.82) is 0 Å². The smallest absolute Gasteiger partial charge is 0.336 e. The summed E-state index contributed by atoms with van der Waals surface area (Å²) in [5, 5.41) is 1.08. The molecule has 0 fully saturated rings. The first kappa shape index (κ1) is 14.6. The molecule has 0 saturated heterocycles. The molecule has 0 bridgehead atoms. The molecule has 1 heterocycles. The second-order valence-electron chi connectivity index (χ2n) is 4.57. The zero-order valence-corrected chi connectivity index (χ0v) is 12.7. The quantitative estimate of drug-likeness (QED) is 0.745. The maximum atomic E-state index is 12.3. The van der Waals surface area contributed by atoms with Crippen molar-refractivity contribution in [2.75, 3.05) is 4.72 Å². The maximum absolute atomic E-state index is 12.3. The fraction of sp³-hybridized carbons (Fsp3) is 0. The van der Waals surface area contributed by atoms with E-state index in [4.69, 9.17) is 16.0 Å². The Bertz CT molecular complexity index is 994. The number of fused-ring (bicyclic) bond motifs is 1. The van der Waals surface area contributed by atoms with Gasteiger partial charge >= 0.3 is 5.63 Å². The summed E-state index contributed by atoms with van der Waals surface area (Å²) >= 11 is 5.75. The van der Waals surface area contributed by atoms with Crippen molar-refractivity contribution in [3.05, 3.63) is 70.0 Å². The summed E-state index contributed by atoms with van der Waals surface area (Å²) in [6.07, 6.45) is 0. The first-order chi connectivity index (χ1) is 10.4. The topological polar surface area (TPSA) is 76.4 Å². The van der Waals surface area contributed by atoms with Gasteiger partial charge in [-0.05, 0) is 48.5 Å². The van der Waals surface area contributed by atoms with E-state index < -0.39 is 15.6 Å². The molecule has 7 heteroatoms. The van der Waals surface area contributed by atoms with E-state index in [1.54, 1.807) is 12.1 Å². The lowest BCUT2D eigenvalue weighted by Crippen LogP contribution is -2.12. The number of nitrogens with one attached hydrogen (secondary N) is 1. The first-order valence-electron chi connectivity index (χ1n) is 6.26. The van der Waals surface area contributed by atoms with E-state index in [2.05, 4.69) is 4.72 Å². The van der Waals surface area contributed by atoms with E-state index in [1.165, 1.54) is 42.5 Å². The van der Waals surface area contributed by atoms with Gasteiger partial charge in [-0.1, -0.05) is 11.6 Å². The number of rotatable bonds is 3. The summed E-state index contributed by atoms with van der Waals surface area (Å²) in [4.78, 5) is 11.2. The molecule has 0 radical (unpaired) electrons. The molecule has 1 N–H and O–H groups in total. The van der Waals surface area contributed by atoms with Crippen LogP contribution in [-0.4, -0.2) is 8.42 Å². The second-order valence-corrected chi connectivity index (χ2v) is 6.69. The van der Waals surface area contributed by atoms with Crippen LogP contribution < -0.4 is 10.3 Å². The van der Waals surface area contributed by atoms with Crippen molar-refractivity contribution in [1.82, 2.24) is 0 Å². The Labute approximate surface area is 131 Å². The Morgan fingerprint density at radius 2 is 1.68 bits per heavy atom. The van der Waals surface area contributed by atoms with Crippen molar-refractivity contribution in [3.63, 3.8) is 0 Å². The highest BCUT2D eigenvalue weighted by molar-refractivity contribution is 7.92. The van der Waals surface area contributed by atoms with Crippen molar-refractivity contribution in [2.45, 2.75) is 4.90 Å². The van der Waals surface area contributed by atoms with Crippen LogP contribution in [0.3, 0.4) is 0 Å². The van der Waals surface area contributed by atoms with Crippen LogP contribution in [0.5, 0.6) is 0 Å². The normalized spacial score (nSPS) is 11.5. The van der Waals surface area contributed by atoms with Crippen LogP contribution in [-0.2, 0) is 10.0 Å². The minimum absolute atomic E-state index is 0.108. The molecule has 5 nitrogen and oxygen atoms in total. The molecule has 0 saturated carbocycles. The van der Waals surface area contributed by atoms with Crippen LogP contribution in [0.4, 0.5) is 5.69 Å². The Hall–Kier alpha value is -2.31. The molecular formula is C15H10ClNO4S. The Kier molecular flexibility index (Phi) is 3.64. The van der Waals surface area contributed by atoms with E-state index in [0.29, 0.717) is 21.7 Å². The van der Waals surface area contributed by atoms with Gasteiger partial charge < -0.3 is 4.42 Å². The average Bonchev–Trinajstić information content (AvgIpc) is 2.47. The van der Waals surface area contributed by atoms with Crippen LogP contribution in [0.15, 0.2) is 68.7 Å². The standard InChI is InChI=1S/C15H10ClNO4S/c16-11-2-5-13(6-3-11)22(19,20)17-12-4-7-14-10(9-12)1-8-15(18)21-14/h1-9,17H. The Balaban J connectivity index is 1.96. The van der Waals surface area contributed by atoms with E-state index in [1.807, 2.05) is 0 Å². The largest absolute Gasteiger partial charge is 0.423 e. The SMILES string of the molecule is O=c1ccc2cc(NS(=O)(=O)c3ccc(Cl)cc3)ccc2o1. The molecule has 0 aliphatic heterocycles. The van der Waals surface area contributed by atoms with E-state index in [9.17, 15) is 13.2 Å². The summed E-state index contributed by atoms with van der Waals surface area (Å²) in [5.74, 6) is 0. The maximum Gasteiger partial charge on any atom is 0.336 e. The van der Waals surface area contributed by atoms with Crippen molar-refractivity contribution in [3.8, 4) is 0 Å². The first-order valence-corrected chi connectivity index (χ1v) is 8.12. The molecule has 2 aromatic carbocycles. The summed E-state index contributed by atoms with van der Waals surface area (Å²) in [5.41, 5.74) is 0.306. The monoisotopic (exact) mass is 335 g/mol. The van der Waals surface area contributed by atoms with E-state index >= 15 is 0 Å². The molecule has 0 aliphatic carbocycles. The highest BCUT2D eigenvalue weighted by Gasteiger charge is 2.14. The van der Waals surface area contributed by atoms with Crippen molar-refractivity contribution in [2.24, 2.45) is 0 Å². The van der Waals surface area contributed by atoms with E-state index in [0.717, 1.165) is 0 Å². The van der Waals surface area contributed by atoms with Gasteiger partial charge in [-0.15, -0.1) is 0 Å². The molecule has 22 heavy (non-hydrogen) atoms. The summed E-state index contributed by atoms with van der Waals surface area (Å²) in [6, 6.07) is 13.4. The molecule has 0 aliphatic rings.